The summed E-state index contributed by atoms with van der Waals surface area (Å²) < 4.78 is 0. The topological polar surface area (TPSA) is 0 Å². The first kappa shape index (κ1) is 9.05. The second-order valence-electron chi connectivity index (χ2n) is 4.79. The van der Waals surface area contributed by atoms with Gasteiger partial charge in [0.1, 0.15) is 0 Å². The summed E-state index contributed by atoms with van der Waals surface area (Å²) in [5.41, 5.74) is 0.847. The van der Waals surface area contributed by atoms with Crippen LogP contribution in [0.5, 0.6) is 0 Å². The molecule has 0 heterocycles. The maximum Gasteiger partial charge on any atom is 0.0112 e. The highest BCUT2D eigenvalue weighted by molar-refractivity contribution is 5.19. The van der Waals surface area contributed by atoms with Crippen LogP contribution in [0.3, 0.4) is 0 Å². The van der Waals surface area contributed by atoms with Crippen LogP contribution >= 0.6 is 0 Å². The van der Waals surface area contributed by atoms with Crippen LogP contribution in [0.25, 0.3) is 0 Å². The highest BCUT2D eigenvalue weighted by atomic mass is 14.6. The molecule has 0 bridgehead atoms. The maximum absolute atomic E-state index is 4.03. The van der Waals surface area contributed by atoms with Crippen LogP contribution in [0.1, 0.15) is 44.9 Å². The number of rotatable bonds is 2. The lowest BCUT2D eigenvalue weighted by molar-refractivity contribution is 0.178. The van der Waals surface area contributed by atoms with Crippen LogP contribution in [0.15, 0.2) is 25.3 Å². The summed E-state index contributed by atoms with van der Waals surface area (Å²) in [7, 11) is 0. The first-order valence-corrected chi connectivity index (χ1v) is 5.56. The van der Waals surface area contributed by atoms with Crippen molar-refractivity contribution in [2.75, 3.05) is 0 Å². The first-order chi connectivity index (χ1) is 6.29. The molecule has 0 aromatic heterocycles. The Hall–Kier alpha value is -0.520. The van der Waals surface area contributed by atoms with Gasteiger partial charge in [0, 0.05) is 5.41 Å². The predicted octanol–water partition coefficient (Wildman–Crippen LogP) is 4.09. The lowest BCUT2D eigenvalue weighted by atomic mass is 9.64. The molecule has 2 fully saturated rings. The molecule has 0 amide bonds. The fourth-order valence-electron chi connectivity index (χ4n) is 3.70. The van der Waals surface area contributed by atoms with Crippen LogP contribution in [-0.4, -0.2) is 0 Å². The third-order valence-corrected chi connectivity index (χ3v) is 4.52. The average Bonchev–Trinajstić information content (AvgIpc) is 2.76. The van der Waals surface area contributed by atoms with E-state index in [1.165, 1.54) is 44.9 Å². The Labute approximate surface area is 81.7 Å². The molecule has 2 saturated carbocycles. The number of hydrogen-bond acceptors (Lipinski definition) is 0. The summed E-state index contributed by atoms with van der Waals surface area (Å²) in [5, 5.41) is 0. The minimum Gasteiger partial charge on any atom is -0.102 e. The van der Waals surface area contributed by atoms with Crippen LogP contribution < -0.4 is 0 Å². The van der Waals surface area contributed by atoms with Gasteiger partial charge in [-0.2, -0.15) is 0 Å². The Morgan fingerprint density at radius 3 is 1.85 bits per heavy atom. The van der Waals surface area contributed by atoms with Crippen molar-refractivity contribution >= 4 is 0 Å². The average molecular weight is 176 g/mol. The quantitative estimate of drug-likeness (QED) is 0.556. The highest BCUT2D eigenvalue weighted by Crippen LogP contribution is 2.62. The fraction of sp³-hybridized carbons (Fsp3) is 0.692. The minimum absolute atomic E-state index is 0.281. The molecule has 0 saturated heterocycles. The summed E-state index contributed by atoms with van der Waals surface area (Å²) in [5.74, 6) is 0. The van der Waals surface area contributed by atoms with Crippen LogP contribution in [0.2, 0.25) is 0 Å². The molecule has 72 valence electrons. The van der Waals surface area contributed by atoms with Gasteiger partial charge in [-0.05, 0) is 31.1 Å². The van der Waals surface area contributed by atoms with Crippen LogP contribution in [0.4, 0.5) is 0 Å². The molecule has 13 heavy (non-hydrogen) atoms. The molecule has 0 heteroatoms. The van der Waals surface area contributed by atoms with Gasteiger partial charge in [0.2, 0.25) is 0 Å². The van der Waals surface area contributed by atoms with Gasteiger partial charge < -0.3 is 0 Å². The van der Waals surface area contributed by atoms with Gasteiger partial charge in [-0.25, -0.2) is 0 Å². The molecule has 0 atom stereocenters. The van der Waals surface area contributed by atoms with E-state index in [0.29, 0.717) is 5.41 Å². The molecule has 0 aromatic rings. The zero-order valence-corrected chi connectivity index (χ0v) is 8.52. The number of hydrogen-bond donors (Lipinski definition) is 0. The summed E-state index contributed by atoms with van der Waals surface area (Å²) in [6.45, 7) is 8.07. The van der Waals surface area contributed by atoms with Crippen LogP contribution in [-0.2, 0) is 0 Å². The molecular formula is C13H20. The van der Waals surface area contributed by atoms with E-state index < -0.39 is 0 Å². The molecule has 0 nitrogen and oxygen atoms in total. The largest absolute Gasteiger partial charge is 0.102 e. The Balaban J connectivity index is 2.35. The third-order valence-electron chi connectivity index (χ3n) is 4.52. The van der Waals surface area contributed by atoms with E-state index in [0.717, 1.165) is 0 Å². The van der Waals surface area contributed by atoms with Crippen molar-refractivity contribution in [1.29, 1.82) is 0 Å². The second-order valence-corrected chi connectivity index (χ2v) is 4.79. The Kier molecular flexibility index (Phi) is 2.09. The fourth-order valence-corrected chi connectivity index (χ4v) is 3.70. The maximum atomic E-state index is 4.03. The molecule has 0 unspecified atom stereocenters. The molecule has 0 aromatic carbocycles. The van der Waals surface area contributed by atoms with Crippen LogP contribution in [0, 0.1) is 10.8 Å². The highest BCUT2D eigenvalue weighted by Gasteiger charge is 2.51. The van der Waals surface area contributed by atoms with E-state index in [2.05, 4.69) is 25.3 Å². The summed E-state index contributed by atoms with van der Waals surface area (Å²) in [6.07, 6.45) is 14.1. The smallest absolute Gasteiger partial charge is 0.0112 e. The van der Waals surface area contributed by atoms with Crippen molar-refractivity contribution in [3.63, 3.8) is 0 Å². The van der Waals surface area contributed by atoms with E-state index in [1.54, 1.807) is 0 Å². The molecule has 2 rings (SSSR count). The third kappa shape index (κ3) is 1.04. The molecule has 2 aliphatic carbocycles. The van der Waals surface area contributed by atoms with Crippen molar-refractivity contribution in [1.82, 2.24) is 0 Å². The lowest BCUT2D eigenvalue weighted by Crippen LogP contribution is -2.31. The summed E-state index contributed by atoms with van der Waals surface area (Å²) in [6, 6.07) is 0. The predicted molar refractivity (Wildman–Crippen MR) is 57.6 cm³/mol. The first-order valence-electron chi connectivity index (χ1n) is 5.56. The molecule has 0 radical (unpaired) electrons. The van der Waals surface area contributed by atoms with Gasteiger partial charge in [0.15, 0.2) is 0 Å². The zero-order valence-electron chi connectivity index (χ0n) is 8.52. The van der Waals surface area contributed by atoms with Crippen molar-refractivity contribution < 1.29 is 0 Å². The normalized spacial score (nSPS) is 29.2. The molecule has 0 aliphatic heterocycles. The number of allylic oxidation sites excluding steroid dienone is 2. The van der Waals surface area contributed by atoms with Gasteiger partial charge >= 0.3 is 0 Å². The molecule has 0 N–H and O–H groups in total. The van der Waals surface area contributed by atoms with Crippen molar-refractivity contribution in [2.24, 2.45) is 10.8 Å². The van der Waals surface area contributed by atoms with Gasteiger partial charge in [-0.1, -0.05) is 31.4 Å². The van der Waals surface area contributed by atoms with Crippen molar-refractivity contribution in [3.8, 4) is 0 Å². The van der Waals surface area contributed by atoms with Gasteiger partial charge in [-0.15, -0.1) is 13.2 Å². The van der Waals surface area contributed by atoms with Crippen molar-refractivity contribution in [3.05, 3.63) is 25.3 Å². The van der Waals surface area contributed by atoms with E-state index in [-0.39, 0.29) is 5.41 Å². The van der Waals surface area contributed by atoms with Gasteiger partial charge in [0.05, 0.1) is 0 Å². The van der Waals surface area contributed by atoms with E-state index in [1.807, 2.05) is 0 Å². The lowest BCUT2D eigenvalue weighted by Gasteiger charge is -2.39. The van der Waals surface area contributed by atoms with E-state index in [9.17, 15) is 0 Å². The van der Waals surface area contributed by atoms with E-state index >= 15 is 0 Å². The minimum atomic E-state index is 0.281. The standard InChI is InChI=1S/C13H20/c1-3-12(4-2)10-7-11-13(12)8-5-6-9-13/h3-4H,1-2,5-11H2. The molecule has 1 spiro atoms. The SMILES string of the molecule is C=CC1(C=C)CCCC12CCCC2. The van der Waals surface area contributed by atoms with Crippen molar-refractivity contribution in [2.45, 2.75) is 44.9 Å². The Morgan fingerprint density at radius 1 is 0.769 bits per heavy atom. The molecule has 2 aliphatic rings. The Morgan fingerprint density at radius 2 is 1.31 bits per heavy atom. The zero-order chi connectivity index (χ0) is 9.36. The van der Waals surface area contributed by atoms with E-state index in [4.69, 9.17) is 0 Å². The Bertz CT molecular complexity index is 205. The monoisotopic (exact) mass is 176 g/mol. The summed E-state index contributed by atoms with van der Waals surface area (Å²) >= 11 is 0. The molecular weight excluding hydrogens is 156 g/mol. The van der Waals surface area contributed by atoms with Gasteiger partial charge in [-0.3, -0.25) is 0 Å². The van der Waals surface area contributed by atoms with Gasteiger partial charge in [0.25, 0.3) is 0 Å². The second kappa shape index (κ2) is 3.01. The summed E-state index contributed by atoms with van der Waals surface area (Å²) in [4.78, 5) is 0.